The lowest BCUT2D eigenvalue weighted by molar-refractivity contribution is -0.153. The van der Waals surface area contributed by atoms with Crippen LogP contribution in [-0.2, 0) is 9.59 Å². The quantitative estimate of drug-likeness (QED) is 0.702. The van der Waals surface area contributed by atoms with Gasteiger partial charge in [0.05, 0.1) is 0 Å². The molecule has 0 spiro atoms. The smallest absolute Gasteiger partial charge is 0.229 e. The molecule has 0 aliphatic carbocycles. The van der Waals surface area contributed by atoms with E-state index in [4.69, 9.17) is 5.73 Å². The molecule has 1 saturated heterocycles. The summed E-state index contributed by atoms with van der Waals surface area (Å²) < 4.78 is 0. The summed E-state index contributed by atoms with van der Waals surface area (Å²) in [6.45, 7) is 6.81. The van der Waals surface area contributed by atoms with Crippen LogP contribution in [-0.4, -0.2) is 29.8 Å². The van der Waals surface area contributed by atoms with Crippen molar-refractivity contribution in [2.45, 2.75) is 33.6 Å². The Kier molecular flexibility index (Phi) is 3.50. The zero-order valence-electron chi connectivity index (χ0n) is 9.75. The Labute approximate surface area is 90.8 Å². The molecule has 1 fully saturated rings. The molecule has 1 heterocycles. The van der Waals surface area contributed by atoms with E-state index in [2.05, 4.69) is 0 Å². The van der Waals surface area contributed by atoms with Crippen LogP contribution in [0.1, 0.15) is 33.6 Å². The standard InChI is InChI=1S/C11H20N2O2/c1-8(6-12)7-13-9(14)4-11(2,3)5-10(13)15/h8H,4-7,12H2,1-3H3. The van der Waals surface area contributed by atoms with Gasteiger partial charge in [0.25, 0.3) is 0 Å². The molecule has 1 atom stereocenters. The minimum Gasteiger partial charge on any atom is -0.330 e. The highest BCUT2D eigenvalue weighted by atomic mass is 16.2. The second-order valence-corrected chi connectivity index (χ2v) is 5.26. The van der Waals surface area contributed by atoms with Gasteiger partial charge in [0.2, 0.25) is 11.8 Å². The van der Waals surface area contributed by atoms with E-state index in [9.17, 15) is 9.59 Å². The summed E-state index contributed by atoms with van der Waals surface area (Å²) in [5.41, 5.74) is 5.30. The largest absolute Gasteiger partial charge is 0.330 e. The van der Waals surface area contributed by atoms with Gasteiger partial charge in [-0.1, -0.05) is 20.8 Å². The fraction of sp³-hybridized carbons (Fsp3) is 0.818. The lowest BCUT2D eigenvalue weighted by atomic mass is 9.81. The number of hydrogen-bond donors (Lipinski definition) is 1. The average molecular weight is 212 g/mol. The first kappa shape index (κ1) is 12.2. The molecule has 86 valence electrons. The highest BCUT2D eigenvalue weighted by Crippen LogP contribution is 2.31. The molecular weight excluding hydrogens is 192 g/mol. The fourth-order valence-electron chi connectivity index (χ4n) is 1.80. The van der Waals surface area contributed by atoms with Crippen molar-refractivity contribution < 1.29 is 9.59 Å². The molecule has 0 aromatic heterocycles. The molecule has 0 aromatic carbocycles. The highest BCUT2D eigenvalue weighted by Gasteiger charge is 2.37. The molecular formula is C11H20N2O2. The van der Waals surface area contributed by atoms with Gasteiger partial charge >= 0.3 is 0 Å². The van der Waals surface area contributed by atoms with E-state index in [1.54, 1.807) is 0 Å². The topological polar surface area (TPSA) is 63.4 Å². The Morgan fingerprint density at radius 2 is 1.80 bits per heavy atom. The second-order valence-electron chi connectivity index (χ2n) is 5.26. The van der Waals surface area contributed by atoms with E-state index in [1.165, 1.54) is 4.90 Å². The highest BCUT2D eigenvalue weighted by molar-refractivity contribution is 5.98. The van der Waals surface area contributed by atoms with Gasteiger partial charge in [-0.05, 0) is 17.9 Å². The molecule has 1 rings (SSSR count). The van der Waals surface area contributed by atoms with Crippen LogP contribution in [0.15, 0.2) is 0 Å². The van der Waals surface area contributed by atoms with Gasteiger partial charge in [-0.15, -0.1) is 0 Å². The minimum atomic E-state index is -0.184. The summed E-state index contributed by atoms with van der Waals surface area (Å²) in [5, 5.41) is 0. The van der Waals surface area contributed by atoms with Crippen molar-refractivity contribution >= 4 is 11.8 Å². The number of piperidine rings is 1. The van der Waals surface area contributed by atoms with E-state index >= 15 is 0 Å². The predicted octanol–water partition coefficient (Wildman–Crippen LogP) is 0.756. The molecule has 2 amide bonds. The number of nitrogens with two attached hydrogens (primary N) is 1. The lowest BCUT2D eigenvalue weighted by Crippen LogP contribution is -2.48. The van der Waals surface area contributed by atoms with Gasteiger partial charge in [-0.3, -0.25) is 14.5 Å². The monoisotopic (exact) mass is 212 g/mol. The molecule has 4 nitrogen and oxygen atoms in total. The Morgan fingerprint density at radius 1 is 1.33 bits per heavy atom. The van der Waals surface area contributed by atoms with Crippen molar-refractivity contribution in [2.75, 3.05) is 13.1 Å². The predicted molar refractivity (Wildman–Crippen MR) is 58.0 cm³/mol. The van der Waals surface area contributed by atoms with E-state index in [0.29, 0.717) is 25.9 Å². The summed E-state index contributed by atoms with van der Waals surface area (Å²) in [7, 11) is 0. The molecule has 0 saturated carbocycles. The van der Waals surface area contributed by atoms with Gasteiger partial charge < -0.3 is 5.73 Å². The normalized spacial score (nSPS) is 23.1. The van der Waals surface area contributed by atoms with E-state index in [1.807, 2.05) is 20.8 Å². The SMILES string of the molecule is CC(CN)CN1C(=O)CC(C)(C)CC1=O. The third-order valence-corrected chi connectivity index (χ3v) is 2.76. The molecule has 1 aliphatic rings. The summed E-state index contributed by atoms with van der Waals surface area (Å²) in [4.78, 5) is 24.8. The number of carbonyl (C=O) groups is 2. The number of imide groups is 1. The fourth-order valence-corrected chi connectivity index (χ4v) is 1.80. The molecule has 0 radical (unpaired) electrons. The van der Waals surface area contributed by atoms with Crippen LogP contribution in [0.25, 0.3) is 0 Å². The van der Waals surface area contributed by atoms with E-state index in [0.717, 1.165) is 0 Å². The minimum absolute atomic E-state index is 0.0587. The van der Waals surface area contributed by atoms with Crippen molar-refractivity contribution in [1.29, 1.82) is 0 Å². The van der Waals surface area contributed by atoms with Crippen LogP contribution >= 0.6 is 0 Å². The van der Waals surface area contributed by atoms with Crippen molar-refractivity contribution in [3.05, 3.63) is 0 Å². The van der Waals surface area contributed by atoms with Crippen LogP contribution in [0.5, 0.6) is 0 Å². The first-order chi connectivity index (χ1) is 6.85. The maximum Gasteiger partial charge on any atom is 0.229 e. The maximum absolute atomic E-state index is 11.7. The van der Waals surface area contributed by atoms with Gasteiger partial charge in [-0.2, -0.15) is 0 Å². The third-order valence-electron chi connectivity index (χ3n) is 2.76. The number of nitrogens with zero attached hydrogens (tertiary/aromatic N) is 1. The summed E-state index contributed by atoms with van der Waals surface area (Å²) in [6.07, 6.45) is 0.909. The number of amides is 2. The van der Waals surface area contributed by atoms with Crippen LogP contribution in [0.2, 0.25) is 0 Å². The van der Waals surface area contributed by atoms with Gasteiger partial charge in [0, 0.05) is 19.4 Å². The third kappa shape index (κ3) is 3.02. The first-order valence-corrected chi connectivity index (χ1v) is 5.39. The molecule has 1 unspecified atom stereocenters. The first-order valence-electron chi connectivity index (χ1n) is 5.39. The van der Waals surface area contributed by atoms with Crippen LogP contribution in [0, 0.1) is 11.3 Å². The van der Waals surface area contributed by atoms with Crippen molar-refractivity contribution in [2.24, 2.45) is 17.1 Å². The molecule has 0 aromatic rings. The van der Waals surface area contributed by atoms with E-state index < -0.39 is 0 Å². The van der Waals surface area contributed by atoms with Crippen molar-refractivity contribution in [3.8, 4) is 0 Å². The Bertz CT molecular complexity index is 254. The van der Waals surface area contributed by atoms with Crippen LogP contribution in [0.3, 0.4) is 0 Å². The van der Waals surface area contributed by atoms with Gasteiger partial charge in [0.1, 0.15) is 0 Å². The lowest BCUT2D eigenvalue weighted by Gasteiger charge is -2.35. The summed E-state index contributed by atoms with van der Waals surface area (Å²) in [6, 6.07) is 0. The summed E-state index contributed by atoms with van der Waals surface area (Å²) >= 11 is 0. The van der Waals surface area contributed by atoms with Crippen molar-refractivity contribution in [1.82, 2.24) is 4.90 Å². The second kappa shape index (κ2) is 4.31. The molecule has 15 heavy (non-hydrogen) atoms. The van der Waals surface area contributed by atoms with Gasteiger partial charge in [-0.25, -0.2) is 0 Å². The molecule has 2 N–H and O–H groups in total. The number of rotatable bonds is 3. The molecule has 4 heteroatoms. The average Bonchev–Trinajstić information content (AvgIpc) is 2.09. The number of carbonyl (C=O) groups excluding carboxylic acids is 2. The van der Waals surface area contributed by atoms with Crippen molar-refractivity contribution in [3.63, 3.8) is 0 Å². The Hall–Kier alpha value is -0.900. The van der Waals surface area contributed by atoms with E-state index in [-0.39, 0.29) is 23.1 Å². The molecule has 1 aliphatic heterocycles. The van der Waals surface area contributed by atoms with Gasteiger partial charge in [0.15, 0.2) is 0 Å². The zero-order valence-corrected chi connectivity index (χ0v) is 9.75. The van der Waals surface area contributed by atoms with Crippen LogP contribution in [0.4, 0.5) is 0 Å². The van der Waals surface area contributed by atoms with Crippen LogP contribution < -0.4 is 5.73 Å². The molecule has 0 bridgehead atoms. The zero-order chi connectivity index (χ0) is 11.6. The maximum atomic E-state index is 11.7. The number of hydrogen-bond acceptors (Lipinski definition) is 3. The Balaban J connectivity index is 2.67. The Morgan fingerprint density at radius 3 is 2.20 bits per heavy atom. The summed E-state index contributed by atoms with van der Waals surface area (Å²) in [5.74, 6) is 0.0622. The number of likely N-dealkylation sites (tertiary alicyclic amines) is 1.